The van der Waals surface area contributed by atoms with Crippen molar-refractivity contribution in [2.24, 2.45) is 0 Å². The molecule has 0 radical (unpaired) electrons. The molecule has 14 heavy (non-hydrogen) atoms. The lowest BCUT2D eigenvalue weighted by atomic mass is 10.1. The largest absolute Gasteiger partial charge is 0.503 e. The number of ether oxygens (including phenoxy) is 1. The summed E-state index contributed by atoms with van der Waals surface area (Å²) in [6.07, 6.45) is 0. The van der Waals surface area contributed by atoms with Crippen LogP contribution in [0, 0.1) is 0 Å². The SMILES string of the molecule is CCOc1cc(C(C)=O)cc(Br)c1O. The molecule has 0 aliphatic heterocycles. The van der Waals surface area contributed by atoms with Gasteiger partial charge in [0.05, 0.1) is 11.1 Å². The third-order valence-corrected chi connectivity index (χ3v) is 2.34. The summed E-state index contributed by atoms with van der Waals surface area (Å²) in [5.74, 6) is 0.288. The van der Waals surface area contributed by atoms with Crippen LogP contribution in [0.15, 0.2) is 16.6 Å². The van der Waals surface area contributed by atoms with E-state index < -0.39 is 0 Å². The van der Waals surface area contributed by atoms with E-state index in [1.54, 1.807) is 6.07 Å². The van der Waals surface area contributed by atoms with Crippen molar-refractivity contribution in [3.05, 3.63) is 22.2 Å². The minimum absolute atomic E-state index is 0.0249. The highest BCUT2D eigenvalue weighted by Gasteiger charge is 2.11. The normalized spacial score (nSPS) is 9.93. The minimum Gasteiger partial charge on any atom is -0.503 e. The lowest BCUT2D eigenvalue weighted by molar-refractivity contribution is 0.101. The van der Waals surface area contributed by atoms with E-state index in [4.69, 9.17) is 4.74 Å². The molecule has 0 spiro atoms. The molecule has 0 saturated carbocycles. The molecule has 0 fully saturated rings. The van der Waals surface area contributed by atoms with E-state index in [1.807, 2.05) is 6.92 Å². The number of phenolic OH excluding ortho intramolecular Hbond substituents is 1. The van der Waals surface area contributed by atoms with Gasteiger partial charge < -0.3 is 9.84 Å². The van der Waals surface area contributed by atoms with Crippen LogP contribution in [0.4, 0.5) is 0 Å². The van der Waals surface area contributed by atoms with Crippen molar-refractivity contribution >= 4 is 21.7 Å². The van der Waals surface area contributed by atoms with Crippen molar-refractivity contribution in [1.82, 2.24) is 0 Å². The fraction of sp³-hybridized carbons (Fsp3) is 0.300. The molecular weight excluding hydrogens is 248 g/mol. The predicted octanol–water partition coefficient (Wildman–Crippen LogP) is 2.76. The Balaban J connectivity index is 3.20. The number of rotatable bonds is 3. The summed E-state index contributed by atoms with van der Waals surface area (Å²) in [4.78, 5) is 11.1. The number of aromatic hydroxyl groups is 1. The molecule has 1 rings (SSSR count). The van der Waals surface area contributed by atoms with Crippen LogP contribution >= 0.6 is 15.9 Å². The molecular formula is C10H11BrO3. The van der Waals surface area contributed by atoms with Crippen molar-refractivity contribution in [3.63, 3.8) is 0 Å². The Bertz CT molecular complexity index is 361. The van der Waals surface area contributed by atoms with Crippen molar-refractivity contribution in [2.45, 2.75) is 13.8 Å². The first kappa shape index (κ1) is 11.0. The number of hydrogen-bond acceptors (Lipinski definition) is 3. The van der Waals surface area contributed by atoms with Crippen LogP contribution in [0.25, 0.3) is 0 Å². The zero-order valence-corrected chi connectivity index (χ0v) is 9.59. The number of carbonyl (C=O) groups is 1. The van der Waals surface area contributed by atoms with Crippen LogP contribution in [0.3, 0.4) is 0 Å². The van der Waals surface area contributed by atoms with Gasteiger partial charge >= 0.3 is 0 Å². The first-order chi connectivity index (χ1) is 6.56. The fourth-order valence-corrected chi connectivity index (χ4v) is 1.48. The van der Waals surface area contributed by atoms with E-state index in [1.165, 1.54) is 13.0 Å². The molecule has 0 atom stereocenters. The van der Waals surface area contributed by atoms with E-state index >= 15 is 0 Å². The van der Waals surface area contributed by atoms with Crippen molar-refractivity contribution in [3.8, 4) is 11.5 Å². The lowest BCUT2D eigenvalue weighted by Crippen LogP contribution is -1.97. The summed E-state index contributed by atoms with van der Waals surface area (Å²) >= 11 is 3.15. The Morgan fingerprint density at radius 2 is 2.21 bits per heavy atom. The van der Waals surface area contributed by atoms with Gasteiger partial charge in [0.1, 0.15) is 0 Å². The highest BCUT2D eigenvalue weighted by Crippen LogP contribution is 2.35. The van der Waals surface area contributed by atoms with E-state index in [0.29, 0.717) is 22.4 Å². The number of benzene rings is 1. The molecule has 0 aliphatic rings. The Morgan fingerprint density at radius 3 is 2.71 bits per heavy atom. The maximum absolute atomic E-state index is 11.1. The van der Waals surface area contributed by atoms with Gasteiger partial charge in [0.25, 0.3) is 0 Å². The highest BCUT2D eigenvalue weighted by molar-refractivity contribution is 9.10. The summed E-state index contributed by atoms with van der Waals surface area (Å²) in [6, 6.07) is 3.10. The van der Waals surface area contributed by atoms with E-state index in [9.17, 15) is 9.90 Å². The van der Waals surface area contributed by atoms with Crippen molar-refractivity contribution < 1.29 is 14.6 Å². The first-order valence-corrected chi connectivity index (χ1v) is 5.01. The summed E-state index contributed by atoms with van der Waals surface area (Å²) in [6.45, 7) is 3.73. The second-order valence-electron chi connectivity index (χ2n) is 2.79. The van der Waals surface area contributed by atoms with Crippen molar-refractivity contribution in [2.75, 3.05) is 6.61 Å². The van der Waals surface area contributed by atoms with Crippen LogP contribution in [0.2, 0.25) is 0 Å². The molecule has 0 bridgehead atoms. The Hall–Kier alpha value is -1.03. The quantitative estimate of drug-likeness (QED) is 0.849. The standard InChI is InChI=1S/C10H11BrO3/c1-3-14-9-5-7(6(2)12)4-8(11)10(9)13/h4-5,13H,3H2,1-2H3. The van der Waals surface area contributed by atoms with E-state index in [2.05, 4.69) is 15.9 Å². The molecule has 1 aromatic rings. The molecule has 76 valence electrons. The number of Topliss-reactive ketones (excluding diaryl/α,β-unsaturated/α-hetero) is 1. The Morgan fingerprint density at radius 1 is 1.57 bits per heavy atom. The average Bonchev–Trinajstić information content (AvgIpc) is 2.12. The maximum Gasteiger partial charge on any atom is 0.172 e. The van der Waals surface area contributed by atoms with E-state index in [0.717, 1.165) is 0 Å². The molecule has 3 nitrogen and oxygen atoms in total. The molecule has 0 aliphatic carbocycles. The van der Waals surface area contributed by atoms with Crippen LogP contribution in [-0.4, -0.2) is 17.5 Å². The zero-order valence-electron chi connectivity index (χ0n) is 8.00. The summed E-state index contributed by atoms with van der Waals surface area (Å²) in [5.41, 5.74) is 0.512. The van der Waals surface area contributed by atoms with Gasteiger partial charge in [-0.3, -0.25) is 4.79 Å². The van der Waals surface area contributed by atoms with Crippen LogP contribution < -0.4 is 4.74 Å². The van der Waals surface area contributed by atoms with E-state index in [-0.39, 0.29) is 11.5 Å². The molecule has 0 aromatic heterocycles. The lowest BCUT2D eigenvalue weighted by Gasteiger charge is -2.08. The van der Waals surface area contributed by atoms with Gasteiger partial charge in [0.2, 0.25) is 0 Å². The number of hydrogen-bond donors (Lipinski definition) is 1. The van der Waals surface area contributed by atoms with Gasteiger partial charge in [-0.2, -0.15) is 0 Å². The van der Waals surface area contributed by atoms with Gasteiger partial charge in [-0.15, -0.1) is 0 Å². The summed E-state index contributed by atoms with van der Waals surface area (Å²) < 4.78 is 5.64. The maximum atomic E-state index is 11.1. The number of phenols is 1. The molecule has 0 amide bonds. The summed E-state index contributed by atoms with van der Waals surface area (Å²) in [5, 5.41) is 9.55. The highest BCUT2D eigenvalue weighted by atomic mass is 79.9. The number of carbonyl (C=O) groups excluding carboxylic acids is 1. The monoisotopic (exact) mass is 258 g/mol. The van der Waals surface area contributed by atoms with Gasteiger partial charge in [-0.25, -0.2) is 0 Å². The second-order valence-corrected chi connectivity index (χ2v) is 3.65. The number of ketones is 1. The molecule has 4 heteroatoms. The minimum atomic E-state index is -0.0633. The fourth-order valence-electron chi connectivity index (χ4n) is 1.04. The van der Waals surface area contributed by atoms with Gasteiger partial charge in [0, 0.05) is 5.56 Å². The predicted molar refractivity (Wildman–Crippen MR) is 57.0 cm³/mol. The zero-order chi connectivity index (χ0) is 10.7. The third-order valence-electron chi connectivity index (χ3n) is 1.73. The number of halogens is 1. The second kappa shape index (κ2) is 4.46. The first-order valence-electron chi connectivity index (χ1n) is 4.22. The molecule has 0 saturated heterocycles. The molecule has 0 unspecified atom stereocenters. The Kier molecular flexibility index (Phi) is 3.52. The smallest absolute Gasteiger partial charge is 0.172 e. The van der Waals surface area contributed by atoms with Crippen LogP contribution in [-0.2, 0) is 0 Å². The summed E-state index contributed by atoms with van der Waals surface area (Å²) in [7, 11) is 0. The Labute approximate surface area is 90.8 Å². The topological polar surface area (TPSA) is 46.5 Å². The van der Waals surface area contributed by atoms with Gasteiger partial charge in [-0.05, 0) is 41.9 Å². The average molecular weight is 259 g/mol. The molecule has 1 N–H and O–H groups in total. The van der Waals surface area contributed by atoms with Gasteiger partial charge in [0.15, 0.2) is 17.3 Å². The molecule has 1 aromatic carbocycles. The van der Waals surface area contributed by atoms with Crippen molar-refractivity contribution in [1.29, 1.82) is 0 Å². The van der Waals surface area contributed by atoms with Gasteiger partial charge in [-0.1, -0.05) is 0 Å². The van der Waals surface area contributed by atoms with Crippen LogP contribution in [0.1, 0.15) is 24.2 Å². The van der Waals surface area contributed by atoms with Crippen LogP contribution in [0.5, 0.6) is 11.5 Å². The third kappa shape index (κ3) is 2.26. The molecule has 0 heterocycles.